The van der Waals surface area contributed by atoms with Crippen LogP contribution in [0.15, 0.2) is 34.7 Å². The molecule has 1 aromatic heterocycles. The summed E-state index contributed by atoms with van der Waals surface area (Å²) in [6.07, 6.45) is 2.25. The van der Waals surface area contributed by atoms with Gasteiger partial charge < -0.3 is 19.2 Å². The van der Waals surface area contributed by atoms with Crippen LogP contribution in [0, 0.1) is 5.92 Å². The number of hydrogen-bond acceptors (Lipinski definition) is 4. The minimum Gasteiger partial charge on any atom is -0.486 e. The summed E-state index contributed by atoms with van der Waals surface area (Å²) in [5.41, 5.74) is 1.01. The molecule has 2 heterocycles. The highest BCUT2D eigenvalue weighted by Crippen LogP contribution is 2.47. The molecule has 0 spiro atoms. The molecule has 1 aliphatic heterocycles. The minimum absolute atomic E-state index is 0.0186. The van der Waals surface area contributed by atoms with E-state index in [1.165, 1.54) is 6.42 Å². The first-order valence-electron chi connectivity index (χ1n) is 9.37. The molecular weight excluding hydrogens is 330 g/mol. The zero-order chi connectivity index (χ0) is 18.1. The molecule has 3 atom stereocenters. The summed E-state index contributed by atoms with van der Waals surface area (Å²) in [4.78, 5) is 12.3. The van der Waals surface area contributed by atoms with Crippen molar-refractivity contribution < 1.29 is 18.7 Å². The van der Waals surface area contributed by atoms with Crippen LogP contribution >= 0.6 is 0 Å². The molecule has 3 unspecified atom stereocenters. The second-order valence-corrected chi connectivity index (χ2v) is 7.32. The van der Waals surface area contributed by atoms with Crippen LogP contribution in [0.2, 0.25) is 0 Å². The van der Waals surface area contributed by atoms with Crippen molar-refractivity contribution in [2.24, 2.45) is 5.92 Å². The molecule has 1 N–H and O–H groups in total. The summed E-state index contributed by atoms with van der Waals surface area (Å²) in [6, 6.07) is 9.77. The first kappa shape index (κ1) is 17.0. The van der Waals surface area contributed by atoms with Crippen molar-refractivity contribution in [1.82, 2.24) is 5.32 Å². The first-order chi connectivity index (χ1) is 12.6. The number of carbonyl (C=O) groups is 1. The number of amides is 1. The Hall–Kier alpha value is -2.43. The Morgan fingerprint density at radius 3 is 2.73 bits per heavy atom. The van der Waals surface area contributed by atoms with Gasteiger partial charge in [0.25, 0.3) is 0 Å². The second kappa shape index (κ2) is 7.06. The topological polar surface area (TPSA) is 60.7 Å². The van der Waals surface area contributed by atoms with Gasteiger partial charge in [0.15, 0.2) is 11.5 Å². The van der Waals surface area contributed by atoms with Gasteiger partial charge >= 0.3 is 0 Å². The van der Waals surface area contributed by atoms with Gasteiger partial charge in [-0.25, -0.2) is 0 Å². The molecule has 2 aliphatic rings. The molecule has 26 heavy (non-hydrogen) atoms. The van der Waals surface area contributed by atoms with Crippen LogP contribution in [0.4, 0.5) is 0 Å². The molecule has 0 saturated heterocycles. The van der Waals surface area contributed by atoms with E-state index in [1.54, 1.807) is 0 Å². The molecule has 4 rings (SSSR count). The van der Waals surface area contributed by atoms with E-state index in [0.717, 1.165) is 34.5 Å². The van der Waals surface area contributed by atoms with E-state index >= 15 is 0 Å². The highest BCUT2D eigenvalue weighted by Gasteiger charge is 2.36. The monoisotopic (exact) mass is 355 g/mol. The van der Waals surface area contributed by atoms with Gasteiger partial charge in [0.1, 0.15) is 24.7 Å². The lowest BCUT2D eigenvalue weighted by molar-refractivity contribution is -0.121. The van der Waals surface area contributed by atoms with E-state index < -0.39 is 0 Å². The fourth-order valence-corrected chi connectivity index (χ4v) is 3.41. The molecule has 1 saturated carbocycles. The van der Waals surface area contributed by atoms with Gasteiger partial charge in [-0.05, 0) is 49.1 Å². The molecule has 0 radical (unpaired) electrons. The van der Waals surface area contributed by atoms with E-state index in [4.69, 9.17) is 13.9 Å². The maximum absolute atomic E-state index is 12.3. The molecule has 138 valence electrons. The van der Waals surface area contributed by atoms with Gasteiger partial charge in [-0.3, -0.25) is 4.79 Å². The molecule has 1 aromatic carbocycles. The Kier molecular flexibility index (Phi) is 4.62. The standard InChI is InChI=1S/C21H25NO4/c1-13-11-17(13)18-7-4-16(26-18)5-8-21(23)22-14(2)15-3-6-19-20(12-15)25-10-9-24-19/h3-4,6-7,12-14,17H,5,8-11H2,1-2H3,(H,22,23). The summed E-state index contributed by atoms with van der Waals surface area (Å²) in [6.45, 7) is 5.34. The van der Waals surface area contributed by atoms with Crippen LogP contribution in [-0.2, 0) is 11.2 Å². The number of hydrogen-bond donors (Lipinski definition) is 1. The Morgan fingerprint density at radius 2 is 1.96 bits per heavy atom. The number of aryl methyl sites for hydroxylation is 1. The molecule has 2 aromatic rings. The zero-order valence-corrected chi connectivity index (χ0v) is 15.3. The van der Waals surface area contributed by atoms with Crippen molar-refractivity contribution in [1.29, 1.82) is 0 Å². The molecule has 1 aliphatic carbocycles. The van der Waals surface area contributed by atoms with Gasteiger partial charge in [-0.15, -0.1) is 0 Å². The van der Waals surface area contributed by atoms with Crippen LogP contribution in [0.1, 0.15) is 55.7 Å². The quantitative estimate of drug-likeness (QED) is 0.851. The molecule has 0 bridgehead atoms. The Bertz CT molecular complexity index is 797. The van der Waals surface area contributed by atoms with Crippen LogP contribution in [-0.4, -0.2) is 19.1 Å². The fourth-order valence-electron chi connectivity index (χ4n) is 3.41. The summed E-state index contributed by atoms with van der Waals surface area (Å²) in [5.74, 6) is 4.78. The van der Waals surface area contributed by atoms with Crippen molar-refractivity contribution in [2.45, 2.75) is 45.1 Å². The average Bonchev–Trinajstić information content (AvgIpc) is 3.19. The third-order valence-electron chi connectivity index (χ3n) is 5.20. The van der Waals surface area contributed by atoms with Crippen LogP contribution < -0.4 is 14.8 Å². The molecule has 5 nitrogen and oxygen atoms in total. The molecule has 1 fully saturated rings. The summed E-state index contributed by atoms with van der Waals surface area (Å²) in [5, 5.41) is 3.05. The van der Waals surface area contributed by atoms with E-state index in [2.05, 4.69) is 18.3 Å². The SMILES string of the molecule is CC(NC(=O)CCc1ccc(C2CC2C)o1)c1ccc2c(c1)OCCO2. The van der Waals surface area contributed by atoms with E-state index in [1.807, 2.05) is 31.2 Å². The number of furan rings is 1. The van der Waals surface area contributed by atoms with Crippen molar-refractivity contribution in [2.75, 3.05) is 13.2 Å². The predicted molar refractivity (Wildman–Crippen MR) is 97.5 cm³/mol. The predicted octanol–water partition coefficient (Wildman–Crippen LogP) is 3.98. The van der Waals surface area contributed by atoms with Crippen molar-refractivity contribution in [3.63, 3.8) is 0 Å². The zero-order valence-electron chi connectivity index (χ0n) is 15.3. The smallest absolute Gasteiger partial charge is 0.220 e. The van der Waals surface area contributed by atoms with E-state index in [-0.39, 0.29) is 11.9 Å². The third kappa shape index (κ3) is 3.71. The number of rotatable bonds is 6. The lowest BCUT2D eigenvalue weighted by Crippen LogP contribution is -2.27. The molecule has 1 amide bonds. The largest absolute Gasteiger partial charge is 0.486 e. The molecule has 5 heteroatoms. The van der Waals surface area contributed by atoms with E-state index in [9.17, 15) is 4.79 Å². The third-order valence-corrected chi connectivity index (χ3v) is 5.20. The number of nitrogens with one attached hydrogen (secondary N) is 1. The normalized spacial score (nSPS) is 21.9. The maximum atomic E-state index is 12.3. The lowest BCUT2D eigenvalue weighted by Gasteiger charge is -2.21. The van der Waals surface area contributed by atoms with Gasteiger partial charge in [0.05, 0.1) is 6.04 Å². The summed E-state index contributed by atoms with van der Waals surface area (Å²) in [7, 11) is 0. The number of carbonyl (C=O) groups excluding carboxylic acids is 1. The Balaban J connectivity index is 1.29. The van der Waals surface area contributed by atoms with Crippen molar-refractivity contribution in [3.05, 3.63) is 47.4 Å². The summed E-state index contributed by atoms with van der Waals surface area (Å²) < 4.78 is 17.0. The summed E-state index contributed by atoms with van der Waals surface area (Å²) >= 11 is 0. The van der Waals surface area contributed by atoms with Gasteiger partial charge in [-0.1, -0.05) is 13.0 Å². The highest BCUT2D eigenvalue weighted by atomic mass is 16.6. The van der Waals surface area contributed by atoms with Gasteiger partial charge in [-0.2, -0.15) is 0 Å². The number of fused-ring (bicyclic) bond motifs is 1. The number of ether oxygens (including phenoxy) is 2. The fraction of sp³-hybridized carbons (Fsp3) is 0.476. The van der Waals surface area contributed by atoms with Gasteiger partial charge in [0.2, 0.25) is 5.91 Å². The lowest BCUT2D eigenvalue weighted by atomic mass is 10.1. The first-order valence-corrected chi connectivity index (χ1v) is 9.37. The van der Waals surface area contributed by atoms with Crippen LogP contribution in [0.3, 0.4) is 0 Å². The minimum atomic E-state index is -0.0854. The van der Waals surface area contributed by atoms with Crippen LogP contribution in [0.5, 0.6) is 11.5 Å². The van der Waals surface area contributed by atoms with Crippen LogP contribution in [0.25, 0.3) is 0 Å². The van der Waals surface area contributed by atoms with Crippen molar-refractivity contribution >= 4 is 5.91 Å². The average molecular weight is 355 g/mol. The Labute approximate surface area is 153 Å². The number of benzene rings is 1. The second-order valence-electron chi connectivity index (χ2n) is 7.32. The van der Waals surface area contributed by atoms with E-state index in [0.29, 0.717) is 32.0 Å². The van der Waals surface area contributed by atoms with Gasteiger partial charge in [0, 0.05) is 18.8 Å². The highest BCUT2D eigenvalue weighted by molar-refractivity contribution is 5.76. The Morgan fingerprint density at radius 1 is 1.19 bits per heavy atom. The molecular formula is C21H25NO4. The maximum Gasteiger partial charge on any atom is 0.220 e. The van der Waals surface area contributed by atoms with Crippen molar-refractivity contribution in [3.8, 4) is 11.5 Å².